The molecule has 0 radical (unpaired) electrons. The smallest absolute Gasteiger partial charge is 0.406 e. The van der Waals surface area contributed by atoms with E-state index < -0.39 is 10.7 Å². The van der Waals surface area contributed by atoms with Crippen LogP contribution in [0, 0.1) is 10.1 Å². The second-order valence-corrected chi connectivity index (χ2v) is 5.32. The number of ether oxygens (including phenoxy) is 1. The summed E-state index contributed by atoms with van der Waals surface area (Å²) in [6, 6.07) is 10.5. The molecule has 1 aromatic heterocycles. The monoisotopic (exact) mass is 329 g/mol. The summed E-state index contributed by atoms with van der Waals surface area (Å²) in [6.45, 7) is 3.83. The van der Waals surface area contributed by atoms with Gasteiger partial charge < -0.3 is 20.2 Å². The van der Waals surface area contributed by atoms with Crippen LogP contribution in [0.4, 0.5) is 11.5 Å². The number of pyridine rings is 1. The summed E-state index contributed by atoms with van der Waals surface area (Å²) in [4.78, 5) is 26.0. The molecule has 0 saturated carbocycles. The van der Waals surface area contributed by atoms with E-state index in [-0.39, 0.29) is 18.3 Å². The van der Waals surface area contributed by atoms with Crippen LogP contribution in [-0.4, -0.2) is 22.4 Å². The Hall–Kier alpha value is -2.96. The Morgan fingerprint density at radius 3 is 2.79 bits per heavy atom. The lowest BCUT2D eigenvalue weighted by Crippen LogP contribution is -2.21. The first-order chi connectivity index (χ1) is 11.5. The van der Waals surface area contributed by atoms with Crippen molar-refractivity contribution in [1.29, 1.82) is 0 Å². The molecular weight excluding hydrogens is 310 g/mol. The van der Waals surface area contributed by atoms with Crippen LogP contribution in [-0.2, 0) is 4.79 Å². The van der Waals surface area contributed by atoms with E-state index in [1.807, 2.05) is 24.3 Å². The van der Waals surface area contributed by atoms with Crippen LogP contribution in [0.2, 0.25) is 0 Å². The average molecular weight is 329 g/mol. The minimum atomic E-state index is -0.647. The Bertz CT molecular complexity index is 733. The molecule has 1 heterocycles. The summed E-state index contributed by atoms with van der Waals surface area (Å²) in [7, 11) is 0. The molecule has 1 atom stereocenters. The van der Waals surface area contributed by atoms with E-state index in [0.29, 0.717) is 5.92 Å². The van der Waals surface area contributed by atoms with Gasteiger partial charge in [0.1, 0.15) is 6.20 Å². The molecule has 24 heavy (non-hydrogen) atoms. The van der Waals surface area contributed by atoms with Gasteiger partial charge in [-0.25, -0.2) is 0 Å². The normalized spacial score (nSPS) is 11.6. The SMILES string of the molecule is CC[C@@H](C)c1ccccc1NC(=O)COc1cccnc1[N+](=O)[O-]. The zero-order chi connectivity index (χ0) is 17.5. The Morgan fingerprint density at radius 1 is 1.33 bits per heavy atom. The van der Waals surface area contributed by atoms with E-state index in [4.69, 9.17) is 4.74 Å². The van der Waals surface area contributed by atoms with Gasteiger partial charge in [0.25, 0.3) is 5.91 Å². The predicted octanol–water partition coefficient (Wildman–Crippen LogP) is 3.52. The van der Waals surface area contributed by atoms with Crippen LogP contribution in [0.3, 0.4) is 0 Å². The van der Waals surface area contributed by atoms with E-state index in [1.54, 1.807) is 0 Å². The van der Waals surface area contributed by atoms with Gasteiger partial charge in [-0.15, -0.1) is 0 Å². The van der Waals surface area contributed by atoms with E-state index in [2.05, 4.69) is 24.1 Å². The number of rotatable bonds is 7. The molecule has 0 spiro atoms. The Kier molecular flexibility index (Phi) is 5.83. The van der Waals surface area contributed by atoms with Crippen molar-refractivity contribution in [2.75, 3.05) is 11.9 Å². The number of nitrogens with zero attached hydrogens (tertiary/aromatic N) is 2. The van der Waals surface area contributed by atoms with Crippen LogP contribution in [0.1, 0.15) is 31.7 Å². The van der Waals surface area contributed by atoms with Crippen molar-refractivity contribution >= 4 is 17.4 Å². The fourth-order valence-corrected chi connectivity index (χ4v) is 2.22. The number of hydrogen-bond acceptors (Lipinski definition) is 5. The molecule has 1 amide bonds. The summed E-state index contributed by atoms with van der Waals surface area (Å²) in [6.07, 6.45) is 2.25. The molecular formula is C17H19N3O4. The Morgan fingerprint density at radius 2 is 2.08 bits per heavy atom. The lowest BCUT2D eigenvalue weighted by atomic mass is 9.97. The highest BCUT2D eigenvalue weighted by atomic mass is 16.6. The van der Waals surface area contributed by atoms with Crippen molar-refractivity contribution in [3.05, 3.63) is 58.3 Å². The third kappa shape index (κ3) is 4.28. The maximum absolute atomic E-state index is 12.1. The number of amides is 1. The van der Waals surface area contributed by atoms with Crippen LogP contribution >= 0.6 is 0 Å². The van der Waals surface area contributed by atoms with Gasteiger partial charge in [0.2, 0.25) is 5.75 Å². The molecule has 2 aromatic rings. The Labute approximate surface area is 139 Å². The zero-order valence-electron chi connectivity index (χ0n) is 13.6. The van der Waals surface area contributed by atoms with Gasteiger partial charge >= 0.3 is 5.82 Å². The van der Waals surface area contributed by atoms with Crippen molar-refractivity contribution in [1.82, 2.24) is 4.98 Å². The number of hydrogen-bond donors (Lipinski definition) is 1. The molecule has 2 rings (SSSR count). The van der Waals surface area contributed by atoms with Gasteiger partial charge in [0.05, 0.1) is 0 Å². The number of carbonyl (C=O) groups excluding carboxylic acids is 1. The summed E-state index contributed by atoms with van der Waals surface area (Å²) >= 11 is 0. The van der Waals surface area contributed by atoms with Crippen molar-refractivity contribution in [2.24, 2.45) is 0 Å². The molecule has 0 unspecified atom stereocenters. The van der Waals surface area contributed by atoms with E-state index in [9.17, 15) is 14.9 Å². The highest BCUT2D eigenvalue weighted by Crippen LogP contribution is 2.27. The number of nitrogens with one attached hydrogen (secondary N) is 1. The number of benzene rings is 1. The van der Waals surface area contributed by atoms with Crippen LogP contribution < -0.4 is 10.1 Å². The largest absolute Gasteiger partial charge is 0.476 e. The molecule has 0 aliphatic carbocycles. The summed E-state index contributed by atoms with van der Waals surface area (Å²) in [5.74, 6) is -0.524. The Balaban J connectivity index is 2.04. The minimum Gasteiger partial charge on any atom is -0.476 e. The molecule has 0 aliphatic heterocycles. The molecule has 7 nitrogen and oxygen atoms in total. The molecule has 7 heteroatoms. The third-order valence-corrected chi connectivity index (χ3v) is 3.66. The van der Waals surface area contributed by atoms with E-state index in [1.165, 1.54) is 18.3 Å². The van der Waals surface area contributed by atoms with Gasteiger partial charge in [0, 0.05) is 5.69 Å². The first-order valence-electron chi connectivity index (χ1n) is 7.64. The summed E-state index contributed by atoms with van der Waals surface area (Å²) in [5.41, 5.74) is 1.77. The highest BCUT2D eigenvalue weighted by molar-refractivity contribution is 5.92. The maximum Gasteiger partial charge on any atom is 0.406 e. The van der Waals surface area contributed by atoms with E-state index in [0.717, 1.165) is 17.7 Å². The molecule has 1 N–H and O–H groups in total. The van der Waals surface area contributed by atoms with Crippen molar-refractivity contribution < 1.29 is 14.5 Å². The van der Waals surface area contributed by atoms with E-state index >= 15 is 0 Å². The first-order valence-corrected chi connectivity index (χ1v) is 7.64. The standard InChI is InChI=1S/C17H19N3O4/c1-3-12(2)13-7-4-5-8-14(13)19-16(21)11-24-15-9-6-10-18-17(15)20(22)23/h4-10,12H,3,11H2,1-2H3,(H,19,21)/t12-/m1/s1. The molecule has 0 fully saturated rings. The molecule has 126 valence electrons. The van der Waals surface area contributed by atoms with Crippen molar-refractivity contribution in [2.45, 2.75) is 26.2 Å². The fourth-order valence-electron chi connectivity index (χ4n) is 2.22. The number of para-hydroxylation sites is 1. The number of nitro groups is 1. The molecule has 1 aromatic carbocycles. The number of carbonyl (C=O) groups is 1. The van der Waals surface area contributed by atoms with Crippen molar-refractivity contribution in [3.63, 3.8) is 0 Å². The van der Waals surface area contributed by atoms with Gasteiger partial charge in [-0.1, -0.05) is 32.0 Å². The zero-order valence-corrected chi connectivity index (χ0v) is 13.6. The number of aromatic nitrogens is 1. The predicted molar refractivity (Wildman–Crippen MR) is 90.2 cm³/mol. The number of anilines is 1. The van der Waals surface area contributed by atoms with Crippen LogP contribution in [0.5, 0.6) is 5.75 Å². The average Bonchev–Trinajstić information content (AvgIpc) is 2.60. The second-order valence-electron chi connectivity index (χ2n) is 5.32. The second kappa shape index (κ2) is 8.05. The van der Waals surface area contributed by atoms with Crippen LogP contribution in [0.25, 0.3) is 0 Å². The summed E-state index contributed by atoms with van der Waals surface area (Å²) in [5, 5.41) is 13.7. The molecule has 0 bridgehead atoms. The topological polar surface area (TPSA) is 94.4 Å². The minimum absolute atomic E-state index is 0.0344. The lowest BCUT2D eigenvalue weighted by Gasteiger charge is -2.15. The third-order valence-electron chi connectivity index (χ3n) is 3.66. The highest BCUT2D eigenvalue weighted by Gasteiger charge is 2.17. The lowest BCUT2D eigenvalue weighted by molar-refractivity contribution is -0.390. The quantitative estimate of drug-likeness (QED) is 0.619. The van der Waals surface area contributed by atoms with Gasteiger partial charge in [-0.2, -0.15) is 0 Å². The van der Waals surface area contributed by atoms with Crippen LogP contribution in [0.15, 0.2) is 42.6 Å². The first kappa shape index (κ1) is 17.4. The van der Waals surface area contributed by atoms with Gasteiger partial charge in [-0.05, 0) is 46.0 Å². The van der Waals surface area contributed by atoms with Crippen molar-refractivity contribution in [3.8, 4) is 5.75 Å². The van der Waals surface area contributed by atoms with Gasteiger partial charge in [-0.3, -0.25) is 4.79 Å². The van der Waals surface area contributed by atoms with Gasteiger partial charge in [0.15, 0.2) is 6.61 Å². The molecule has 0 saturated heterocycles. The fraction of sp³-hybridized carbons (Fsp3) is 0.294. The molecule has 0 aliphatic rings. The maximum atomic E-state index is 12.1. The summed E-state index contributed by atoms with van der Waals surface area (Å²) < 4.78 is 5.24.